The van der Waals surface area contributed by atoms with E-state index in [1.165, 1.54) is 12.8 Å². The molecule has 4 rings (SSSR count). The van der Waals surface area contributed by atoms with Gasteiger partial charge < -0.3 is 10.1 Å². The number of nitrogens with zero attached hydrogens (tertiary/aromatic N) is 2. The van der Waals surface area contributed by atoms with Crippen molar-refractivity contribution in [1.82, 2.24) is 20.5 Å². The Hall–Kier alpha value is -3.09. The summed E-state index contributed by atoms with van der Waals surface area (Å²) in [6.45, 7) is 1.15. The summed E-state index contributed by atoms with van der Waals surface area (Å²) in [4.78, 5) is 16.3. The van der Waals surface area contributed by atoms with Crippen molar-refractivity contribution >= 4 is 22.8 Å². The van der Waals surface area contributed by atoms with Crippen molar-refractivity contribution in [3.8, 4) is 5.88 Å². The van der Waals surface area contributed by atoms with Gasteiger partial charge in [-0.2, -0.15) is 0 Å². The maximum Gasteiger partial charge on any atom is 0.320 e. The van der Waals surface area contributed by atoms with Crippen molar-refractivity contribution in [2.24, 2.45) is 5.92 Å². The van der Waals surface area contributed by atoms with Crippen LogP contribution in [0, 0.1) is 5.92 Å². The number of pyridine rings is 1. The highest BCUT2D eigenvalue weighted by molar-refractivity contribution is 5.91. The first-order chi connectivity index (χ1) is 12.3. The number of aromatic amines is 1. The number of amides is 2. The number of urea groups is 1. The molecule has 1 saturated carbocycles. The molecule has 0 bridgehead atoms. The van der Waals surface area contributed by atoms with Gasteiger partial charge in [-0.3, -0.25) is 10.4 Å². The molecule has 25 heavy (non-hydrogen) atoms. The van der Waals surface area contributed by atoms with Gasteiger partial charge in [-0.25, -0.2) is 9.78 Å². The van der Waals surface area contributed by atoms with Gasteiger partial charge in [0.2, 0.25) is 5.88 Å². The quantitative estimate of drug-likeness (QED) is 0.644. The first kappa shape index (κ1) is 15.4. The Morgan fingerprint density at radius 2 is 2.12 bits per heavy atom. The number of carbonyl (C=O) groups is 1. The second-order valence-electron chi connectivity index (χ2n) is 6.19. The maximum absolute atomic E-state index is 12.0. The van der Waals surface area contributed by atoms with Gasteiger partial charge in [-0.15, -0.1) is 5.10 Å². The van der Waals surface area contributed by atoms with Gasteiger partial charge in [0, 0.05) is 18.8 Å². The molecule has 0 aliphatic heterocycles. The number of carbonyl (C=O) groups excluding carboxylic acids is 1. The topological polar surface area (TPSA) is 91.9 Å². The summed E-state index contributed by atoms with van der Waals surface area (Å²) in [5, 5.41) is 13.4. The minimum absolute atomic E-state index is 0.305. The van der Waals surface area contributed by atoms with E-state index in [2.05, 4.69) is 25.8 Å². The van der Waals surface area contributed by atoms with Crippen molar-refractivity contribution in [3.63, 3.8) is 0 Å². The molecule has 2 amide bonds. The summed E-state index contributed by atoms with van der Waals surface area (Å²) in [5.74, 6) is 1.68. The lowest BCUT2D eigenvalue weighted by molar-refractivity contribution is 0.251. The lowest BCUT2D eigenvalue weighted by Crippen LogP contribution is -2.28. The van der Waals surface area contributed by atoms with Crippen molar-refractivity contribution in [1.29, 1.82) is 0 Å². The van der Waals surface area contributed by atoms with E-state index >= 15 is 0 Å². The molecular weight excluding hydrogens is 318 g/mol. The van der Waals surface area contributed by atoms with Crippen LogP contribution in [-0.4, -0.2) is 27.8 Å². The van der Waals surface area contributed by atoms with E-state index < -0.39 is 0 Å². The summed E-state index contributed by atoms with van der Waals surface area (Å²) in [7, 11) is 0. The Balaban J connectivity index is 1.36. The van der Waals surface area contributed by atoms with Crippen molar-refractivity contribution in [3.05, 3.63) is 48.2 Å². The van der Waals surface area contributed by atoms with Gasteiger partial charge in [-0.1, -0.05) is 30.3 Å². The van der Waals surface area contributed by atoms with Crippen LogP contribution in [0.5, 0.6) is 5.88 Å². The normalized spacial score (nSPS) is 13.6. The molecule has 0 atom stereocenters. The fourth-order valence-corrected chi connectivity index (χ4v) is 2.49. The average molecular weight is 337 g/mol. The van der Waals surface area contributed by atoms with Gasteiger partial charge in [0.15, 0.2) is 0 Å². The van der Waals surface area contributed by atoms with Crippen molar-refractivity contribution in [2.75, 3.05) is 11.9 Å². The SMILES string of the molecule is O=C(NCc1ccccc1)Nc1cc2[nH]nc(OCC3CC3)c2cn1. The molecule has 3 N–H and O–H groups in total. The van der Waals surface area contributed by atoms with Crippen LogP contribution < -0.4 is 15.4 Å². The van der Waals surface area contributed by atoms with E-state index in [0.29, 0.717) is 30.8 Å². The third kappa shape index (κ3) is 3.88. The number of hydrogen-bond acceptors (Lipinski definition) is 4. The van der Waals surface area contributed by atoms with Gasteiger partial charge >= 0.3 is 6.03 Å². The first-order valence-electron chi connectivity index (χ1n) is 8.33. The van der Waals surface area contributed by atoms with Crippen LogP contribution >= 0.6 is 0 Å². The average Bonchev–Trinajstić information content (AvgIpc) is 3.38. The molecule has 2 heterocycles. The molecule has 0 unspecified atom stereocenters. The Morgan fingerprint density at radius 3 is 2.92 bits per heavy atom. The highest BCUT2D eigenvalue weighted by Gasteiger charge is 2.23. The Labute approximate surface area is 144 Å². The predicted molar refractivity (Wildman–Crippen MR) is 94.4 cm³/mol. The van der Waals surface area contributed by atoms with E-state index in [9.17, 15) is 4.79 Å². The molecule has 2 aromatic heterocycles. The largest absolute Gasteiger partial charge is 0.476 e. The zero-order valence-corrected chi connectivity index (χ0v) is 13.7. The number of rotatable bonds is 6. The van der Waals surface area contributed by atoms with Gasteiger partial charge in [0.25, 0.3) is 0 Å². The molecule has 1 aromatic carbocycles. The minimum atomic E-state index is -0.305. The zero-order valence-electron chi connectivity index (χ0n) is 13.7. The standard InChI is InChI=1S/C18H19N5O2/c24-18(20-9-12-4-2-1-3-5-12)21-16-8-15-14(10-19-16)17(23-22-15)25-11-13-6-7-13/h1-5,8,10,13H,6-7,9,11H2,(H,22,23)(H2,19,20,21,24). The molecule has 1 aliphatic rings. The molecule has 128 valence electrons. The van der Waals surface area contributed by atoms with E-state index in [1.807, 2.05) is 30.3 Å². The number of fused-ring (bicyclic) bond motifs is 1. The lowest BCUT2D eigenvalue weighted by atomic mass is 10.2. The monoisotopic (exact) mass is 337 g/mol. The van der Waals surface area contributed by atoms with Crippen LogP contribution in [0.3, 0.4) is 0 Å². The Kier molecular flexibility index (Phi) is 4.20. The predicted octanol–water partition coefficient (Wildman–Crippen LogP) is 3.07. The molecule has 0 radical (unpaired) electrons. The summed E-state index contributed by atoms with van der Waals surface area (Å²) >= 11 is 0. The lowest BCUT2D eigenvalue weighted by Gasteiger charge is -2.07. The van der Waals surface area contributed by atoms with Crippen molar-refractivity contribution < 1.29 is 9.53 Å². The number of anilines is 1. The molecule has 7 heteroatoms. The van der Waals surface area contributed by atoms with Gasteiger partial charge in [-0.05, 0) is 24.3 Å². The molecule has 0 spiro atoms. The summed E-state index contributed by atoms with van der Waals surface area (Å²) in [6.07, 6.45) is 4.12. The molecular formula is C18H19N5O2. The molecule has 0 saturated heterocycles. The number of hydrogen-bond donors (Lipinski definition) is 3. The number of H-pyrrole nitrogens is 1. The summed E-state index contributed by atoms with van der Waals surface area (Å²) < 4.78 is 5.71. The summed E-state index contributed by atoms with van der Waals surface area (Å²) in [6, 6.07) is 11.2. The van der Waals surface area contributed by atoms with Crippen LogP contribution in [0.15, 0.2) is 42.6 Å². The number of nitrogens with one attached hydrogen (secondary N) is 3. The molecule has 7 nitrogen and oxygen atoms in total. The van der Waals surface area contributed by atoms with Crippen molar-refractivity contribution in [2.45, 2.75) is 19.4 Å². The number of benzene rings is 1. The summed E-state index contributed by atoms with van der Waals surface area (Å²) in [5.41, 5.74) is 1.81. The fourth-order valence-electron chi connectivity index (χ4n) is 2.49. The first-order valence-corrected chi connectivity index (χ1v) is 8.33. The third-order valence-electron chi connectivity index (χ3n) is 4.10. The molecule has 1 fully saturated rings. The Bertz CT molecular complexity index is 874. The van der Waals surface area contributed by atoms with E-state index in [0.717, 1.165) is 16.5 Å². The molecule has 3 aromatic rings. The van der Waals surface area contributed by atoms with Crippen LogP contribution in [-0.2, 0) is 6.54 Å². The van der Waals surface area contributed by atoms with Gasteiger partial charge in [0.05, 0.1) is 17.5 Å². The third-order valence-corrected chi connectivity index (χ3v) is 4.10. The second-order valence-corrected chi connectivity index (χ2v) is 6.19. The highest BCUT2D eigenvalue weighted by Crippen LogP contribution is 2.31. The van der Waals surface area contributed by atoms with Crippen LogP contribution in [0.1, 0.15) is 18.4 Å². The maximum atomic E-state index is 12.0. The second kappa shape index (κ2) is 6.80. The fraction of sp³-hybridized carbons (Fsp3) is 0.278. The van der Waals surface area contributed by atoms with E-state index in [1.54, 1.807) is 12.3 Å². The highest BCUT2D eigenvalue weighted by atomic mass is 16.5. The smallest absolute Gasteiger partial charge is 0.320 e. The van der Waals surface area contributed by atoms with Gasteiger partial charge in [0.1, 0.15) is 5.82 Å². The van der Waals surface area contributed by atoms with E-state index in [4.69, 9.17) is 4.74 Å². The number of aromatic nitrogens is 3. The zero-order chi connectivity index (χ0) is 17.1. The van der Waals surface area contributed by atoms with Crippen LogP contribution in [0.2, 0.25) is 0 Å². The molecule has 1 aliphatic carbocycles. The van der Waals surface area contributed by atoms with E-state index in [-0.39, 0.29) is 6.03 Å². The number of ether oxygens (including phenoxy) is 1. The van der Waals surface area contributed by atoms with Crippen LogP contribution in [0.25, 0.3) is 10.9 Å². The Morgan fingerprint density at radius 1 is 1.28 bits per heavy atom. The minimum Gasteiger partial charge on any atom is -0.476 e. The van der Waals surface area contributed by atoms with Crippen LogP contribution in [0.4, 0.5) is 10.6 Å².